The average Bonchev–Trinajstić information content (AvgIpc) is 3.38. The van der Waals surface area contributed by atoms with E-state index in [0.29, 0.717) is 19.3 Å². The number of carbonyl (C=O) groups excluding carboxylic acids is 3. The van der Waals surface area contributed by atoms with Crippen LogP contribution in [0, 0.1) is 0 Å². The van der Waals surface area contributed by atoms with Crippen LogP contribution in [0.3, 0.4) is 0 Å². The molecule has 0 aliphatic carbocycles. The van der Waals surface area contributed by atoms with Gasteiger partial charge in [-0.3, -0.25) is 14.4 Å². The summed E-state index contributed by atoms with van der Waals surface area (Å²) in [5.41, 5.74) is 0. The van der Waals surface area contributed by atoms with Crippen LogP contribution in [0.15, 0.2) is 85.1 Å². The van der Waals surface area contributed by atoms with Gasteiger partial charge >= 0.3 is 17.9 Å². The number of rotatable bonds is 55. The van der Waals surface area contributed by atoms with Crippen LogP contribution >= 0.6 is 0 Å². The second-order valence-electron chi connectivity index (χ2n) is 20.2. The highest BCUT2D eigenvalue weighted by atomic mass is 16.6. The number of hydrogen-bond donors (Lipinski definition) is 0. The Morgan fingerprint density at radius 2 is 0.542 bits per heavy atom. The van der Waals surface area contributed by atoms with Crippen LogP contribution < -0.4 is 0 Å². The summed E-state index contributed by atoms with van der Waals surface area (Å²) in [6.45, 7) is 6.51. The molecule has 414 valence electrons. The summed E-state index contributed by atoms with van der Waals surface area (Å²) in [6.07, 6.45) is 78.6. The minimum absolute atomic E-state index is 0.0853. The molecule has 0 aromatic carbocycles. The lowest BCUT2D eigenvalue weighted by molar-refractivity contribution is -0.167. The number of allylic oxidation sites excluding steroid dienone is 14. The van der Waals surface area contributed by atoms with Crippen LogP contribution in [0.4, 0.5) is 0 Å². The van der Waals surface area contributed by atoms with Crippen molar-refractivity contribution in [1.82, 2.24) is 0 Å². The monoisotopic (exact) mass is 1000 g/mol. The lowest BCUT2D eigenvalue weighted by Crippen LogP contribution is -2.30. The van der Waals surface area contributed by atoms with Crippen LogP contribution in [0.2, 0.25) is 0 Å². The quantitative estimate of drug-likeness (QED) is 0.0261. The molecule has 1 atom stereocenters. The van der Waals surface area contributed by atoms with Crippen molar-refractivity contribution >= 4 is 17.9 Å². The van der Waals surface area contributed by atoms with Crippen molar-refractivity contribution in [1.29, 1.82) is 0 Å². The number of carbonyl (C=O) groups is 3. The van der Waals surface area contributed by atoms with Gasteiger partial charge in [-0.05, 0) is 116 Å². The fourth-order valence-corrected chi connectivity index (χ4v) is 8.52. The Hall–Kier alpha value is -3.41. The molecular weight excluding hydrogens is 889 g/mol. The van der Waals surface area contributed by atoms with Crippen LogP contribution in [0.25, 0.3) is 0 Å². The Labute approximate surface area is 445 Å². The van der Waals surface area contributed by atoms with Gasteiger partial charge in [0.15, 0.2) is 6.10 Å². The summed E-state index contributed by atoms with van der Waals surface area (Å²) in [6, 6.07) is 0. The highest BCUT2D eigenvalue weighted by Gasteiger charge is 2.19. The summed E-state index contributed by atoms with van der Waals surface area (Å²) >= 11 is 0. The van der Waals surface area contributed by atoms with E-state index in [0.717, 1.165) is 103 Å². The molecule has 6 heteroatoms. The molecule has 0 saturated carbocycles. The third kappa shape index (κ3) is 57.5. The van der Waals surface area contributed by atoms with Crippen molar-refractivity contribution in [2.45, 2.75) is 303 Å². The van der Waals surface area contributed by atoms with Gasteiger partial charge in [0.2, 0.25) is 0 Å². The fourth-order valence-electron chi connectivity index (χ4n) is 8.52. The van der Waals surface area contributed by atoms with Gasteiger partial charge in [0.1, 0.15) is 13.2 Å². The van der Waals surface area contributed by atoms with Crippen molar-refractivity contribution < 1.29 is 28.6 Å². The predicted octanol–water partition coefficient (Wildman–Crippen LogP) is 20.7. The molecule has 0 N–H and O–H groups in total. The molecule has 0 heterocycles. The highest BCUT2D eigenvalue weighted by Crippen LogP contribution is 2.15. The Balaban J connectivity index is 4.37. The second kappa shape index (κ2) is 60.1. The molecule has 1 unspecified atom stereocenters. The molecule has 0 radical (unpaired) electrons. The molecule has 0 spiro atoms. The van der Waals surface area contributed by atoms with E-state index in [9.17, 15) is 14.4 Å². The lowest BCUT2D eigenvalue weighted by Gasteiger charge is -2.18. The molecular formula is C66H114O6. The first-order chi connectivity index (χ1) is 35.5. The van der Waals surface area contributed by atoms with Crippen LogP contribution in [0.5, 0.6) is 0 Å². The maximum Gasteiger partial charge on any atom is 0.306 e. The maximum atomic E-state index is 12.9. The summed E-state index contributed by atoms with van der Waals surface area (Å²) in [5, 5.41) is 0. The number of ether oxygens (including phenoxy) is 3. The van der Waals surface area contributed by atoms with Crippen molar-refractivity contribution in [2.24, 2.45) is 0 Å². The summed E-state index contributed by atoms with van der Waals surface area (Å²) in [5.74, 6) is -0.900. The van der Waals surface area contributed by atoms with Gasteiger partial charge in [-0.15, -0.1) is 0 Å². The SMILES string of the molecule is CC/C=C\C/C=C\C/C=C\C/C=C\C/C=C\CCCCCCCCCC(=O)OCC(COC(=O)CCCCCCC/C=C\CCCCCC)OC(=O)CCCCCCCCC/C=C\CCCCCCCCC. The van der Waals surface area contributed by atoms with Crippen LogP contribution in [-0.4, -0.2) is 37.2 Å². The molecule has 0 aromatic rings. The van der Waals surface area contributed by atoms with Gasteiger partial charge < -0.3 is 14.2 Å². The van der Waals surface area contributed by atoms with Crippen molar-refractivity contribution in [2.75, 3.05) is 13.2 Å². The first-order valence-corrected chi connectivity index (χ1v) is 30.6. The first-order valence-electron chi connectivity index (χ1n) is 30.6. The molecule has 0 bridgehead atoms. The largest absolute Gasteiger partial charge is 0.462 e. The standard InChI is InChI=1S/C66H114O6/c1-4-7-10-13-16-19-22-25-27-29-31-32-33-34-35-37-38-41-44-47-50-53-56-59-65(68)71-62-63(61-70-64(67)58-55-52-49-46-43-40-24-21-18-15-12-9-6-3)72-66(69)60-57-54-51-48-45-42-39-36-30-28-26-23-20-17-14-11-8-5-2/h7,10,16,19,21,24-25,27-28,30-32,34-35,63H,4-6,8-9,11-15,17-18,20,22-23,26,29,33,36-62H2,1-3H3/b10-7-,19-16-,24-21-,27-25-,30-28-,32-31-,35-34-. The molecule has 0 fully saturated rings. The maximum absolute atomic E-state index is 12.9. The summed E-state index contributed by atoms with van der Waals surface area (Å²) in [7, 11) is 0. The van der Waals surface area contributed by atoms with Crippen molar-refractivity contribution in [3.63, 3.8) is 0 Å². The Morgan fingerprint density at radius 3 is 0.875 bits per heavy atom. The smallest absolute Gasteiger partial charge is 0.306 e. The van der Waals surface area contributed by atoms with Gasteiger partial charge in [0.05, 0.1) is 0 Å². The van der Waals surface area contributed by atoms with Crippen molar-refractivity contribution in [3.8, 4) is 0 Å². The minimum Gasteiger partial charge on any atom is -0.462 e. The van der Waals surface area contributed by atoms with Gasteiger partial charge in [-0.25, -0.2) is 0 Å². The Morgan fingerprint density at radius 1 is 0.292 bits per heavy atom. The minimum atomic E-state index is -0.788. The van der Waals surface area contributed by atoms with Gasteiger partial charge in [0.25, 0.3) is 0 Å². The third-order valence-electron chi connectivity index (χ3n) is 13.1. The van der Waals surface area contributed by atoms with E-state index in [-0.39, 0.29) is 31.1 Å². The normalized spacial score (nSPS) is 12.7. The summed E-state index contributed by atoms with van der Waals surface area (Å²) in [4.78, 5) is 38.2. The first kappa shape index (κ1) is 68.6. The van der Waals surface area contributed by atoms with Crippen LogP contribution in [-0.2, 0) is 28.6 Å². The molecule has 0 aromatic heterocycles. The molecule has 0 amide bonds. The van der Waals surface area contributed by atoms with Gasteiger partial charge in [-0.1, -0.05) is 247 Å². The number of unbranched alkanes of at least 4 members (excludes halogenated alkanes) is 30. The second-order valence-corrected chi connectivity index (χ2v) is 20.2. The van der Waals surface area contributed by atoms with Crippen molar-refractivity contribution in [3.05, 3.63) is 85.1 Å². The number of hydrogen-bond acceptors (Lipinski definition) is 6. The van der Waals surface area contributed by atoms with E-state index in [1.165, 1.54) is 154 Å². The molecule has 72 heavy (non-hydrogen) atoms. The van der Waals surface area contributed by atoms with Crippen LogP contribution in [0.1, 0.15) is 297 Å². The average molecular weight is 1000 g/mol. The third-order valence-corrected chi connectivity index (χ3v) is 13.1. The molecule has 0 saturated heterocycles. The van der Waals surface area contributed by atoms with E-state index in [2.05, 4.69) is 106 Å². The topological polar surface area (TPSA) is 78.9 Å². The van der Waals surface area contributed by atoms with E-state index in [4.69, 9.17) is 14.2 Å². The molecule has 6 nitrogen and oxygen atoms in total. The lowest BCUT2D eigenvalue weighted by atomic mass is 10.1. The molecule has 0 aliphatic heterocycles. The molecule has 0 aliphatic rings. The fraction of sp³-hybridized carbons (Fsp3) is 0.742. The molecule has 0 rings (SSSR count). The summed E-state index contributed by atoms with van der Waals surface area (Å²) < 4.78 is 16.9. The number of esters is 3. The predicted molar refractivity (Wildman–Crippen MR) is 311 cm³/mol. The zero-order valence-corrected chi connectivity index (χ0v) is 47.4. The zero-order chi connectivity index (χ0) is 52.2. The van der Waals surface area contributed by atoms with E-state index in [1.807, 2.05) is 0 Å². The van der Waals surface area contributed by atoms with E-state index >= 15 is 0 Å². The van der Waals surface area contributed by atoms with Gasteiger partial charge in [0, 0.05) is 19.3 Å². The van der Waals surface area contributed by atoms with Gasteiger partial charge in [-0.2, -0.15) is 0 Å². The Bertz CT molecular complexity index is 1380. The highest BCUT2D eigenvalue weighted by molar-refractivity contribution is 5.71. The van der Waals surface area contributed by atoms with E-state index < -0.39 is 6.10 Å². The van der Waals surface area contributed by atoms with E-state index in [1.54, 1.807) is 0 Å². The zero-order valence-electron chi connectivity index (χ0n) is 47.4. The Kier molecular flexibility index (Phi) is 57.3.